The topological polar surface area (TPSA) is 107 Å². The standard InChI is InChI=1S/C9H18N6O2/c1-9(2,17-4)5-11-6-12-7(15-10)14-8(13-6)16-3/h5,10H2,1-4H3,(H2,11,12,13,14,15). The van der Waals surface area contributed by atoms with Crippen LogP contribution in [0.25, 0.3) is 0 Å². The van der Waals surface area contributed by atoms with E-state index in [9.17, 15) is 0 Å². The molecule has 0 aromatic carbocycles. The molecule has 0 bridgehead atoms. The summed E-state index contributed by atoms with van der Waals surface area (Å²) in [5.41, 5.74) is 2.02. The van der Waals surface area contributed by atoms with E-state index in [2.05, 4.69) is 25.7 Å². The smallest absolute Gasteiger partial charge is 0.322 e. The molecule has 0 fully saturated rings. The van der Waals surface area contributed by atoms with Crippen molar-refractivity contribution in [1.82, 2.24) is 15.0 Å². The highest BCUT2D eigenvalue weighted by Crippen LogP contribution is 2.12. The van der Waals surface area contributed by atoms with Gasteiger partial charge >= 0.3 is 6.01 Å². The third kappa shape index (κ3) is 4.00. The van der Waals surface area contributed by atoms with E-state index in [-0.39, 0.29) is 17.6 Å². The van der Waals surface area contributed by atoms with Gasteiger partial charge in [-0.1, -0.05) is 0 Å². The summed E-state index contributed by atoms with van der Waals surface area (Å²) in [6.45, 7) is 4.43. The summed E-state index contributed by atoms with van der Waals surface area (Å²) in [5.74, 6) is 5.84. The number of hydrazine groups is 1. The largest absolute Gasteiger partial charge is 0.467 e. The number of aromatic nitrogens is 3. The minimum absolute atomic E-state index is 0.186. The zero-order chi connectivity index (χ0) is 12.9. The number of hydrogen-bond donors (Lipinski definition) is 3. The van der Waals surface area contributed by atoms with Crippen LogP contribution in [0.1, 0.15) is 13.8 Å². The van der Waals surface area contributed by atoms with Gasteiger partial charge in [-0.2, -0.15) is 15.0 Å². The van der Waals surface area contributed by atoms with Crippen LogP contribution < -0.4 is 21.3 Å². The minimum Gasteiger partial charge on any atom is -0.467 e. The number of ether oxygens (including phenoxy) is 2. The van der Waals surface area contributed by atoms with Crippen LogP contribution in [0.5, 0.6) is 6.01 Å². The Balaban J connectivity index is 2.76. The van der Waals surface area contributed by atoms with Crippen LogP contribution in [0.4, 0.5) is 11.9 Å². The Hall–Kier alpha value is -1.67. The van der Waals surface area contributed by atoms with Crippen molar-refractivity contribution in [1.29, 1.82) is 0 Å². The van der Waals surface area contributed by atoms with E-state index in [0.29, 0.717) is 12.5 Å². The zero-order valence-electron chi connectivity index (χ0n) is 10.4. The zero-order valence-corrected chi connectivity index (χ0v) is 10.4. The average molecular weight is 242 g/mol. The third-order valence-electron chi connectivity index (χ3n) is 2.15. The van der Waals surface area contributed by atoms with E-state index in [1.165, 1.54) is 7.11 Å². The number of nitrogens with zero attached hydrogens (tertiary/aromatic N) is 3. The maximum atomic E-state index is 5.27. The van der Waals surface area contributed by atoms with Crippen molar-refractivity contribution in [3.8, 4) is 6.01 Å². The quantitative estimate of drug-likeness (QED) is 0.472. The molecule has 96 valence electrons. The molecular weight excluding hydrogens is 224 g/mol. The van der Waals surface area contributed by atoms with Gasteiger partial charge in [-0.05, 0) is 13.8 Å². The number of methoxy groups -OCH3 is 2. The van der Waals surface area contributed by atoms with Gasteiger partial charge in [0.1, 0.15) is 0 Å². The van der Waals surface area contributed by atoms with Gasteiger partial charge in [-0.15, -0.1) is 0 Å². The highest BCUT2D eigenvalue weighted by molar-refractivity contribution is 5.35. The van der Waals surface area contributed by atoms with Gasteiger partial charge in [-0.25, -0.2) is 5.84 Å². The van der Waals surface area contributed by atoms with Crippen LogP contribution in [0.15, 0.2) is 0 Å². The van der Waals surface area contributed by atoms with Gasteiger partial charge in [0.25, 0.3) is 0 Å². The summed E-state index contributed by atoms with van der Waals surface area (Å²) in [7, 11) is 3.11. The Bertz CT molecular complexity index is 348. The van der Waals surface area contributed by atoms with Crippen molar-refractivity contribution in [2.75, 3.05) is 31.5 Å². The van der Waals surface area contributed by atoms with Crippen molar-refractivity contribution >= 4 is 11.9 Å². The molecule has 0 aliphatic rings. The van der Waals surface area contributed by atoms with Gasteiger partial charge in [0.05, 0.1) is 12.7 Å². The lowest BCUT2D eigenvalue weighted by Crippen LogP contribution is -2.32. The molecule has 0 aliphatic carbocycles. The fourth-order valence-electron chi connectivity index (χ4n) is 0.955. The van der Waals surface area contributed by atoms with Crippen molar-refractivity contribution < 1.29 is 9.47 Å². The highest BCUT2D eigenvalue weighted by Gasteiger charge is 2.17. The van der Waals surface area contributed by atoms with Gasteiger partial charge in [0.2, 0.25) is 11.9 Å². The third-order valence-corrected chi connectivity index (χ3v) is 2.15. The Labute approximate surface area is 99.9 Å². The molecule has 0 saturated heterocycles. The minimum atomic E-state index is -0.323. The average Bonchev–Trinajstić information content (AvgIpc) is 2.36. The second-order valence-corrected chi connectivity index (χ2v) is 3.93. The molecule has 1 heterocycles. The molecule has 17 heavy (non-hydrogen) atoms. The maximum Gasteiger partial charge on any atom is 0.322 e. The summed E-state index contributed by atoms with van der Waals surface area (Å²) in [6.07, 6.45) is 0. The normalized spacial score (nSPS) is 11.1. The first-order valence-corrected chi connectivity index (χ1v) is 5.06. The predicted molar refractivity (Wildman–Crippen MR) is 63.8 cm³/mol. The summed E-state index contributed by atoms with van der Waals surface area (Å²) >= 11 is 0. The molecule has 1 aromatic rings. The SMILES string of the molecule is COc1nc(NN)nc(NCC(C)(C)OC)n1. The van der Waals surface area contributed by atoms with Gasteiger partial charge in [-0.3, -0.25) is 5.43 Å². The molecule has 0 unspecified atom stereocenters. The second kappa shape index (κ2) is 5.60. The Morgan fingerprint density at radius 2 is 1.82 bits per heavy atom. The molecule has 0 saturated carbocycles. The van der Waals surface area contributed by atoms with Crippen LogP contribution >= 0.6 is 0 Å². The highest BCUT2D eigenvalue weighted by atomic mass is 16.5. The summed E-state index contributed by atoms with van der Waals surface area (Å²) in [5, 5.41) is 3.02. The number of nitrogens with one attached hydrogen (secondary N) is 2. The lowest BCUT2D eigenvalue weighted by Gasteiger charge is -2.23. The molecule has 8 heteroatoms. The lowest BCUT2D eigenvalue weighted by atomic mass is 10.1. The van der Waals surface area contributed by atoms with Crippen LogP contribution in [-0.4, -0.2) is 41.3 Å². The number of nitrogens with two attached hydrogens (primary N) is 1. The summed E-state index contributed by atoms with van der Waals surface area (Å²) < 4.78 is 10.2. The molecule has 0 spiro atoms. The molecule has 0 radical (unpaired) electrons. The van der Waals surface area contributed by atoms with E-state index in [1.54, 1.807) is 7.11 Å². The van der Waals surface area contributed by atoms with Crippen LogP contribution in [0.3, 0.4) is 0 Å². The number of rotatable bonds is 6. The fraction of sp³-hybridized carbons (Fsp3) is 0.667. The van der Waals surface area contributed by atoms with E-state index < -0.39 is 0 Å². The first-order valence-electron chi connectivity index (χ1n) is 5.06. The van der Waals surface area contributed by atoms with Crippen LogP contribution in [0, 0.1) is 0 Å². The number of hydrogen-bond acceptors (Lipinski definition) is 8. The van der Waals surface area contributed by atoms with Crippen molar-refractivity contribution in [3.05, 3.63) is 0 Å². The van der Waals surface area contributed by atoms with Crippen molar-refractivity contribution in [2.24, 2.45) is 5.84 Å². The van der Waals surface area contributed by atoms with Crippen LogP contribution in [0.2, 0.25) is 0 Å². The summed E-state index contributed by atoms with van der Waals surface area (Å²) in [6, 6.07) is 0.186. The van der Waals surface area contributed by atoms with Crippen molar-refractivity contribution in [2.45, 2.75) is 19.4 Å². The van der Waals surface area contributed by atoms with E-state index in [1.807, 2.05) is 13.8 Å². The Kier molecular flexibility index (Phi) is 4.41. The van der Waals surface area contributed by atoms with E-state index >= 15 is 0 Å². The molecule has 1 aromatic heterocycles. The Morgan fingerprint density at radius 3 is 2.35 bits per heavy atom. The van der Waals surface area contributed by atoms with Crippen molar-refractivity contribution in [3.63, 3.8) is 0 Å². The second-order valence-electron chi connectivity index (χ2n) is 3.93. The molecule has 0 aliphatic heterocycles. The first kappa shape index (κ1) is 13.4. The summed E-state index contributed by atoms with van der Waals surface area (Å²) in [4.78, 5) is 11.9. The predicted octanol–water partition coefficient (Wildman–Crippen LogP) is 0.00270. The monoisotopic (exact) mass is 242 g/mol. The Morgan fingerprint density at radius 1 is 1.18 bits per heavy atom. The first-order chi connectivity index (χ1) is 8.00. The van der Waals surface area contributed by atoms with Crippen LogP contribution in [-0.2, 0) is 4.74 Å². The molecule has 8 nitrogen and oxygen atoms in total. The molecular formula is C9H18N6O2. The molecule has 0 amide bonds. The van der Waals surface area contributed by atoms with Gasteiger partial charge in [0.15, 0.2) is 0 Å². The van der Waals surface area contributed by atoms with E-state index in [4.69, 9.17) is 15.3 Å². The maximum absolute atomic E-state index is 5.27. The number of anilines is 2. The van der Waals surface area contributed by atoms with Gasteiger partial charge in [0, 0.05) is 13.7 Å². The molecule has 4 N–H and O–H groups in total. The lowest BCUT2D eigenvalue weighted by molar-refractivity contribution is 0.0342. The fourth-order valence-corrected chi connectivity index (χ4v) is 0.955. The number of nitrogen functional groups attached to an aromatic ring is 1. The molecule has 1 rings (SSSR count). The van der Waals surface area contributed by atoms with E-state index in [0.717, 1.165) is 0 Å². The molecule has 0 atom stereocenters. The van der Waals surface area contributed by atoms with Gasteiger partial charge < -0.3 is 14.8 Å².